The summed E-state index contributed by atoms with van der Waals surface area (Å²) in [4.78, 5) is 20.2. The van der Waals surface area contributed by atoms with Gasteiger partial charge in [-0.3, -0.25) is 4.79 Å². The minimum atomic E-state index is -0.594. The van der Waals surface area contributed by atoms with Crippen LogP contribution in [0.3, 0.4) is 0 Å². The van der Waals surface area contributed by atoms with Crippen molar-refractivity contribution in [3.63, 3.8) is 0 Å². The number of rotatable bonds is 1. The van der Waals surface area contributed by atoms with Gasteiger partial charge in [-0.05, 0) is 44.8 Å². The molecule has 0 N–H and O–H groups in total. The molecule has 2 atom stereocenters. The van der Waals surface area contributed by atoms with E-state index < -0.39 is 5.95 Å². The standard InChI is InChI=1S/C15H20FN3O/c1-18-7-2-3-12-10-19(8-5-13(12)18)15(20)11-4-6-17-14(16)9-11/h4,6,9,12-13H,2-3,5,7-8,10H2,1H3. The highest BCUT2D eigenvalue weighted by atomic mass is 19.1. The van der Waals surface area contributed by atoms with E-state index in [0.29, 0.717) is 17.5 Å². The zero-order valence-electron chi connectivity index (χ0n) is 11.8. The number of aromatic nitrogens is 1. The molecule has 2 aliphatic heterocycles. The van der Waals surface area contributed by atoms with Crippen molar-refractivity contribution < 1.29 is 9.18 Å². The molecule has 3 heterocycles. The lowest BCUT2D eigenvalue weighted by Gasteiger charge is -2.46. The Balaban J connectivity index is 1.71. The van der Waals surface area contributed by atoms with Gasteiger partial charge in [-0.25, -0.2) is 4.98 Å². The van der Waals surface area contributed by atoms with Crippen molar-refractivity contribution in [2.75, 3.05) is 26.7 Å². The summed E-state index contributed by atoms with van der Waals surface area (Å²) in [5, 5.41) is 0. The molecule has 0 saturated carbocycles. The van der Waals surface area contributed by atoms with Gasteiger partial charge in [-0.2, -0.15) is 4.39 Å². The van der Waals surface area contributed by atoms with Crippen LogP contribution in [-0.2, 0) is 0 Å². The summed E-state index contributed by atoms with van der Waals surface area (Å²) in [5.41, 5.74) is 0.403. The number of pyridine rings is 1. The van der Waals surface area contributed by atoms with Crippen LogP contribution >= 0.6 is 0 Å². The first-order valence-electron chi connectivity index (χ1n) is 7.26. The molecule has 2 unspecified atom stereocenters. The Morgan fingerprint density at radius 3 is 3.05 bits per heavy atom. The number of fused-ring (bicyclic) bond motifs is 1. The zero-order chi connectivity index (χ0) is 14.1. The number of carbonyl (C=O) groups is 1. The van der Waals surface area contributed by atoms with Crippen molar-refractivity contribution in [3.8, 4) is 0 Å². The highest BCUT2D eigenvalue weighted by Gasteiger charge is 2.35. The maximum atomic E-state index is 13.1. The molecule has 1 aromatic heterocycles. The first-order valence-corrected chi connectivity index (χ1v) is 7.26. The molecular formula is C15H20FN3O. The number of carbonyl (C=O) groups excluding carboxylic acids is 1. The lowest BCUT2D eigenvalue weighted by molar-refractivity contribution is 0.0316. The molecule has 1 aromatic rings. The van der Waals surface area contributed by atoms with Crippen molar-refractivity contribution in [2.24, 2.45) is 5.92 Å². The van der Waals surface area contributed by atoms with E-state index in [1.807, 2.05) is 4.90 Å². The second-order valence-corrected chi connectivity index (χ2v) is 5.86. The van der Waals surface area contributed by atoms with E-state index in [4.69, 9.17) is 0 Å². The second-order valence-electron chi connectivity index (χ2n) is 5.86. The SMILES string of the molecule is CN1CCCC2CN(C(=O)c3ccnc(F)c3)CCC21. The minimum absolute atomic E-state index is 0.0713. The van der Waals surface area contributed by atoms with Crippen LogP contribution in [0, 0.1) is 11.9 Å². The lowest BCUT2D eigenvalue weighted by Crippen LogP contribution is -2.53. The van der Waals surface area contributed by atoms with Crippen molar-refractivity contribution in [1.82, 2.24) is 14.8 Å². The molecule has 3 rings (SSSR count). The topological polar surface area (TPSA) is 36.4 Å². The van der Waals surface area contributed by atoms with Crippen LogP contribution in [0.5, 0.6) is 0 Å². The average Bonchev–Trinajstić information content (AvgIpc) is 2.46. The van der Waals surface area contributed by atoms with Crippen molar-refractivity contribution in [3.05, 3.63) is 29.8 Å². The summed E-state index contributed by atoms with van der Waals surface area (Å²) in [5.74, 6) is -0.112. The van der Waals surface area contributed by atoms with Crippen LogP contribution in [0.25, 0.3) is 0 Å². The fourth-order valence-corrected chi connectivity index (χ4v) is 3.56. The number of nitrogens with zero attached hydrogens (tertiary/aromatic N) is 3. The van der Waals surface area contributed by atoms with Crippen LogP contribution in [-0.4, -0.2) is 53.4 Å². The van der Waals surface area contributed by atoms with E-state index >= 15 is 0 Å². The van der Waals surface area contributed by atoms with E-state index in [2.05, 4.69) is 16.9 Å². The first kappa shape index (κ1) is 13.5. The van der Waals surface area contributed by atoms with Crippen LogP contribution in [0.1, 0.15) is 29.6 Å². The van der Waals surface area contributed by atoms with Gasteiger partial charge in [0.25, 0.3) is 5.91 Å². The van der Waals surface area contributed by atoms with Gasteiger partial charge in [0, 0.05) is 37.0 Å². The van der Waals surface area contributed by atoms with Gasteiger partial charge in [0.2, 0.25) is 5.95 Å². The third-order valence-corrected chi connectivity index (χ3v) is 4.61. The quantitative estimate of drug-likeness (QED) is 0.734. The van der Waals surface area contributed by atoms with E-state index in [0.717, 1.165) is 26.1 Å². The van der Waals surface area contributed by atoms with Gasteiger partial charge < -0.3 is 9.80 Å². The van der Waals surface area contributed by atoms with Gasteiger partial charge in [0.1, 0.15) is 0 Å². The van der Waals surface area contributed by atoms with Crippen LogP contribution in [0.2, 0.25) is 0 Å². The van der Waals surface area contributed by atoms with Gasteiger partial charge in [0.15, 0.2) is 0 Å². The number of hydrogen-bond acceptors (Lipinski definition) is 3. The highest BCUT2D eigenvalue weighted by Crippen LogP contribution is 2.30. The smallest absolute Gasteiger partial charge is 0.254 e. The summed E-state index contributed by atoms with van der Waals surface area (Å²) in [6, 6.07) is 3.41. The Labute approximate surface area is 118 Å². The minimum Gasteiger partial charge on any atom is -0.338 e. The molecule has 0 bridgehead atoms. The van der Waals surface area contributed by atoms with Crippen molar-refractivity contribution >= 4 is 5.91 Å². The normalized spacial score (nSPS) is 27.2. The second kappa shape index (κ2) is 5.48. The molecule has 0 spiro atoms. The molecule has 108 valence electrons. The number of hydrogen-bond donors (Lipinski definition) is 0. The molecule has 20 heavy (non-hydrogen) atoms. The fraction of sp³-hybridized carbons (Fsp3) is 0.600. The molecule has 5 heteroatoms. The number of likely N-dealkylation sites (tertiary alicyclic amines) is 2. The zero-order valence-corrected chi connectivity index (χ0v) is 11.8. The Hall–Kier alpha value is -1.49. The Morgan fingerprint density at radius 1 is 1.40 bits per heavy atom. The molecule has 1 amide bonds. The third-order valence-electron chi connectivity index (χ3n) is 4.61. The predicted octanol–water partition coefficient (Wildman–Crippen LogP) is 1.78. The molecule has 2 saturated heterocycles. The lowest BCUT2D eigenvalue weighted by atomic mass is 9.84. The third kappa shape index (κ3) is 2.54. The number of piperidine rings is 2. The maximum Gasteiger partial charge on any atom is 0.254 e. The van der Waals surface area contributed by atoms with Crippen LogP contribution in [0.4, 0.5) is 4.39 Å². The summed E-state index contributed by atoms with van der Waals surface area (Å²) < 4.78 is 13.1. The van der Waals surface area contributed by atoms with Crippen molar-refractivity contribution in [1.29, 1.82) is 0 Å². The van der Waals surface area contributed by atoms with E-state index in [9.17, 15) is 9.18 Å². The number of amides is 1. The van der Waals surface area contributed by atoms with E-state index in [-0.39, 0.29) is 5.91 Å². The Bertz CT molecular complexity index is 508. The number of halogens is 1. The largest absolute Gasteiger partial charge is 0.338 e. The predicted molar refractivity (Wildman–Crippen MR) is 73.9 cm³/mol. The Kier molecular flexibility index (Phi) is 3.70. The summed E-state index contributed by atoms with van der Waals surface area (Å²) in [6.07, 6.45) is 4.75. The van der Waals surface area contributed by atoms with Crippen molar-refractivity contribution in [2.45, 2.75) is 25.3 Å². The summed E-state index contributed by atoms with van der Waals surface area (Å²) in [6.45, 7) is 2.71. The van der Waals surface area contributed by atoms with Crippen LogP contribution < -0.4 is 0 Å². The fourth-order valence-electron chi connectivity index (χ4n) is 3.56. The van der Waals surface area contributed by atoms with E-state index in [1.54, 1.807) is 6.07 Å². The van der Waals surface area contributed by atoms with E-state index in [1.165, 1.54) is 25.1 Å². The molecule has 0 radical (unpaired) electrons. The molecule has 0 aromatic carbocycles. The molecule has 0 aliphatic carbocycles. The van der Waals surface area contributed by atoms with Crippen LogP contribution in [0.15, 0.2) is 18.3 Å². The summed E-state index contributed by atoms with van der Waals surface area (Å²) in [7, 11) is 2.17. The molecule has 2 fully saturated rings. The highest BCUT2D eigenvalue weighted by molar-refractivity contribution is 5.94. The average molecular weight is 277 g/mol. The molecule has 4 nitrogen and oxygen atoms in total. The van der Waals surface area contributed by atoms with Gasteiger partial charge in [-0.15, -0.1) is 0 Å². The maximum absolute atomic E-state index is 13.1. The Morgan fingerprint density at radius 2 is 2.25 bits per heavy atom. The summed E-state index contributed by atoms with van der Waals surface area (Å²) >= 11 is 0. The first-order chi connectivity index (χ1) is 9.65. The monoisotopic (exact) mass is 277 g/mol. The van der Waals surface area contributed by atoms with Gasteiger partial charge >= 0.3 is 0 Å². The molecule has 2 aliphatic rings. The molecular weight excluding hydrogens is 257 g/mol. The van der Waals surface area contributed by atoms with Gasteiger partial charge in [-0.1, -0.05) is 0 Å². The van der Waals surface area contributed by atoms with Gasteiger partial charge in [0.05, 0.1) is 0 Å².